The van der Waals surface area contributed by atoms with Gasteiger partial charge in [-0.25, -0.2) is 4.79 Å². The fraction of sp³-hybridized carbons (Fsp3) is 0.250. The first kappa shape index (κ1) is 14.8. The second-order valence-corrected chi connectivity index (χ2v) is 4.89. The SMILES string of the molecule is CCC(NC(=O)c1cccn1C)(C(=O)O)c1ccccc1. The first-order valence-electron chi connectivity index (χ1n) is 6.74. The molecule has 21 heavy (non-hydrogen) atoms. The molecule has 0 aliphatic carbocycles. The molecule has 2 aromatic rings. The average molecular weight is 286 g/mol. The summed E-state index contributed by atoms with van der Waals surface area (Å²) in [4.78, 5) is 24.2. The quantitative estimate of drug-likeness (QED) is 0.884. The molecule has 1 unspecified atom stereocenters. The molecule has 0 fully saturated rings. The number of aromatic nitrogens is 1. The maximum atomic E-state index is 12.4. The first-order chi connectivity index (χ1) is 10.0. The maximum absolute atomic E-state index is 12.4. The minimum Gasteiger partial charge on any atom is -0.479 e. The Morgan fingerprint density at radius 2 is 1.86 bits per heavy atom. The number of hydrogen-bond donors (Lipinski definition) is 2. The predicted octanol–water partition coefficient (Wildman–Crippen LogP) is 2.15. The third-order valence-electron chi connectivity index (χ3n) is 3.67. The van der Waals surface area contributed by atoms with Gasteiger partial charge in [0.15, 0.2) is 5.54 Å². The normalized spacial score (nSPS) is 13.4. The molecule has 0 spiro atoms. The first-order valence-corrected chi connectivity index (χ1v) is 6.74. The van der Waals surface area contributed by atoms with E-state index in [-0.39, 0.29) is 6.42 Å². The van der Waals surface area contributed by atoms with Crippen LogP contribution in [-0.4, -0.2) is 21.6 Å². The summed E-state index contributed by atoms with van der Waals surface area (Å²) in [7, 11) is 1.74. The number of nitrogens with zero attached hydrogens (tertiary/aromatic N) is 1. The van der Waals surface area contributed by atoms with Crippen LogP contribution in [0.2, 0.25) is 0 Å². The van der Waals surface area contributed by atoms with E-state index in [1.54, 1.807) is 61.1 Å². The Morgan fingerprint density at radius 1 is 1.19 bits per heavy atom. The summed E-state index contributed by atoms with van der Waals surface area (Å²) in [5, 5.41) is 12.4. The summed E-state index contributed by atoms with van der Waals surface area (Å²) < 4.78 is 1.66. The van der Waals surface area contributed by atoms with Crippen LogP contribution in [0.15, 0.2) is 48.7 Å². The highest BCUT2D eigenvalue weighted by Crippen LogP contribution is 2.26. The van der Waals surface area contributed by atoms with E-state index in [0.717, 1.165) is 0 Å². The Balaban J connectivity index is 2.41. The van der Waals surface area contributed by atoms with Gasteiger partial charge in [-0.05, 0) is 24.1 Å². The maximum Gasteiger partial charge on any atom is 0.334 e. The van der Waals surface area contributed by atoms with Crippen molar-refractivity contribution in [2.45, 2.75) is 18.9 Å². The van der Waals surface area contributed by atoms with Gasteiger partial charge in [0, 0.05) is 13.2 Å². The third kappa shape index (κ3) is 2.67. The van der Waals surface area contributed by atoms with E-state index in [4.69, 9.17) is 0 Å². The molecule has 2 rings (SSSR count). The van der Waals surface area contributed by atoms with Crippen molar-refractivity contribution in [2.75, 3.05) is 0 Å². The zero-order valence-corrected chi connectivity index (χ0v) is 12.0. The Morgan fingerprint density at radius 3 is 2.33 bits per heavy atom. The highest BCUT2D eigenvalue weighted by Gasteiger charge is 2.40. The van der Waals surface area contributed by atoms with Crippen LogP contribution in [0.25, 0.3) is 0 Å². The zero-order valence-electron chi connectivity index (χ0n) is 12.0. The molecule has 0 aliphatic heterocycles. The standard InChI is InChI=1S/C16H18N2O3/c1-3-16(15(20)21,12-8-5-4-6-9-12)17-14(19)13-10-7-11-18(13)2/h4-11H,3H2,1-2H3,(H,17,19)(H,20,21). The van der Waals surface area contributed by atoms with Crippen molar-refractivity contribution in [1.29, 1.82) is 0 Å². The van der Waals surface area contributed by atoms with E-state index >= 15 is 0 Å². The molecule has 0 radical (unpaired) electrons. The van der Waals surface area contributed by atoms with Crippen LogP contribution in [0.3, 0.4) is 0 Å². The summed E-state index contributed by atoms with van der Waals surface area (Å²) in [5.74, 6) is -1.48. The number of aliphatic carboxylic acids is 1. The molecule has 0 aliphatic rings. The second kappa shape index (κ2) is 5.83. The van der Waals surface area contributed by atoms with Crippen molar-refractivity contribution in [3.63, 3.8) is 0 Å². The number of carbonyl (C=O) groups is 2. The summed E-state index contributed by atoms with van der Waals surface area (Å²) in [6.07, 6.45) is 1.99. The summed E-state index contributed by atoms with van der Waals surface area (Å²) >= 11 is 0. The van der Waals surface area contributed by atoms with Crippen LogP contribution >= 0.6 is 0 Å². The number of aryl methyl sites for hydroxylation is 1. The fourth-order valence-corrected chi connectivity index (χ4v) is 2.37. The number of hydrogen-bond acceptors (Lipinski definition) is 2. The molecule has 5 nitrogen and oxygen atoms in total. The van der Waals surface area contributed by atoms with Gasteiger partial charge in [0.05, 0.1) is 0 Å². The molecule has 110 valence electrons. The van der Waals surface area contributed by atoms with Crippen LogP contribution < -0.4 is 5.32 Å². The Kier molecular flexibility index (Phi) is 4.12. The molecule has 0 saturated carbocycles. The van der Waals surface area contributed by atoms with E-state index in [1.165, 1.54) is 0 Å². The predicted molar refractivity (Wildman–Crippen MR) is 78.9 cm³/mol. The number of carboxylic acid groups (broad SMARTS) is 1. The molecule has 1 amide bonds. The topological polar surface area (TPSA) is 71.3 Å². The van der Waals surface area contributed by atoms with Gasteiger partial charge in [-0.1, -0.05) is 37.3 Å². The van der Waals surface area contributed by atoms with Crippen LogP contribution in [0, 0.1) is 0 Å². The molecular weight excluding hydrogens is 268 g/mol. The minimum atomic E-state index is -1.43. The van der Waals surface area contributed by atoms with Crippen LogP contribution in [-0.2, 0) is 17.4 Å². The van der Waals surface area contributed by atoms with Crippen molar-refractivity contribution >= 4 is 11.9 Å². The third-order valence-corrected chi connectivity index (χ3v) is 3.67. The van der Waals surface area contributed by atoms with Crippen molar-refractivity contribution in [1.82, 2.24) is 9.88 Å². The van der Waals surface area contributed by atoms with Gasteiger partial charge in [-0.15, -0.1) is 0 Å². The molecular formula is C16H18N2O3. The largest absolute Gasteiger partial charge is 0.479 e. The molecule has 1 aromatic heterocycles. The average Bonchev–Trinajstić information content (AvgIpc) is 2.91. The minimum absolute atomic E-state index is 0.252. The van der Waals surface area contributed by atoms with E-state index < -0.39 is 17.4 Å². The lowest BCUT2D eigenvalue weighted by Gasteiger charge is -2.30. The number of nitrogens with one attached hydrogen (secondary N) is 1. The van der Waals surface area contributed by atoms with Crippen molar-refractivity contribution < 1.29 is 14.7 Å². The lowest BCUT2D eigenvalue weighted by atomic mass is 9.87. The fourth-order valence-electron chi connectivity index (χ4n) is 2.37. The molecule has 1 aromatic carbocycles. The molecule has 0 saturated heterocycles. The number of carbonyl (C=O) groups excluding carboxylic acids is 1. The zero-order chi connectivity index (χ0) is 15.5. The van der Waals surface area contributed by atoms with E-state index in [2.05, 4.69) is 5.32 Å². The Bertz CT molecular complexity index is 649. The molecule has 5 heteroatoms. The van der Waals surface area contributed by atoms with E-state index in [9.17, 15) is 14.7 Å². The smallest absolute Gasteiger partial charge is 0.334 e. The van der Waals surface area contributed by atoms with Gasteiger partial charge in [0.25, 0.3) is 5.91 Å². The van der Waals surface area contributed by atoms with Gasteiger partial charge in [-0.3, -0.25) is 4.79 Å². The van der Waals surface area contributed by atoms with E-state index in [0.29, 0.717) is 11.3 Å². The number of carboxylic acids is 1. The lowest BCUT2D eigenvalue weighted by Crippen LogP contribution is -2.51. The van der Waals surface area contributed by atoms with Gasteiger partial charge < -0.3 is 15.0 Å². The van der Waals surface area contributed by atoms with Crippen molar-refractivity contribution in [3.05, 3.63) is 59.9 Å². The number of rotatable bonds is 5. The highest BCUT2D eigenvalue weighted by molar-refractivity contribution is 5.97. The molecule has 2 N–H and O–H groups in total. The van der Waals surface area contributed by atoms with E-state index in [1.807, 2.05) is 6.07 Å². The van der Waals surface area contributed by atoms with Crippen LogP contribution in [0.5, 0.6) is 0 Å². The molecule has 1 heterocycles. The highest BCUT2D eigenvalue weighted by atomic mass is 16.4. The molecule has 0 bridgehead atoms. The lowest BCUT2D eigenvalue weighted by molar-refractivity contribution is -0.145. The number of amides is 1. The molecule has 1 atom stereocenters. The summed E-state index contributed by atoms with van der Waals surface area (Å²) in [6, 6.07) is 12.2. The summed E-state index contributed by atoms with van der Waals surface area (Å²) in [6.45, 7) is 1.74. The summed E-state index contributed by atoms with van der Waals surface area (Å²) in [5.41, 5.74) is -0.449. The number of benzene rings is 1. The van der Waals surface area contributed by atoms with Gasteiger partial charge >= 0.3 is 5.97 Å². The van der Waals surface area contributed by atoms with Gasteiger partial charge in [0.2, 0.25) is 0 Å². The Labute approximate surface area is 123 Å². The van der Waals surface area contributed by atoms with Gasteiger partial charge in [0.1, 0.15) is 5.69 Å². The van der Waals surface area contributed by atoms with Crippen LogP contribution in [0.1, 0.15) is 29.4 Å². The van der Waals surface area contributed by atoms with Crippen molar-refractivity contribution in [2.24, 2.45) is 7.05 Å². The Hall–Kier alpha value is -2.56. The monoisotopic (exact) mass is 286 g/mol. The van der Waals surface area contributed by atoms with Gasteiger partial charge in [-0.2, -0.15) is 0 Å². The van der Waals surface area contributed by atoms with Crippen LogP contribution in [0.4, 0.5) is 0 Å². The second-order valence-electron chi connectivity index (χ2n) is 4.89. The van der Waals surface area contributed by atoms with Crippen molar-refractivity contribution in [3.8, 4) is 0 Å².